The number of carbonyl (C=O) groups excluding carboxylic acids is 1. The minimum atomic E-state index is -0.505. The van der Waals surface area contributed by atoms with Crippen LogP contribution in [0.2, 0.25) is 0 Å². The van der Waals surface area contributed by atoms with Gasteiger partial charge in [-0.15, -0.1) is 0 Å². The lowest BCUT2D eigenvalue weighted by atomic mass is 10.0. The molecule has 0 spiro atoms. The van der Waals surface area contributed by atoms with E-state index in [-0.39, 0.29) is 6.61 Å². The number of aryl methyl sites for hydroxylation is 3. The van der Waals surface area contributed by atoms with E-state index in [0.29, 0.717) is 28.2 Å². The third-order valence-corrected chi connectivity index (χ3v) is 5.31. The highest BCUT2D eigenvalue weighted by Crippen LogP contribution is 2.25. The van der Waals surface area contributed by atoms with E-state index in [1.165, 1.54) is 6.07 Å². The summed E-state index contributed by atoms with van der Waals surface area (Å²) in [7, 11) is 1.59. The van der Waals surface area contributed by atoms with E-state index in [0.717, 1.165) is 27.4 Å². The smallest absolute Gasteiger partial charge is 0.340 e. The molecule has 2 heterocycles. The molecule has 0 aliphatic rings. The second kappa shape index (κ2) is 7.63. The number of pyridine rings is 1. The Kier molecular flexibility index (Phi) is 4.99. The summed E-state index contributed by atoms with van der Waals surface area (Å²) in [6, 6.07) is 12.4. The predicted octanol–water partition coefficient (Wildman–Crippen LogP) is 4.63. The van der Waals surface area contributed by atoms with Crippen LogP contribution < -0.4 is 10.4 Å². The standard InChI is InChI=1S/C24H21NO5/c1-13-5-7-19-17(11-22(26)30-23(19)14(13)2)12-29-24(27)20-10-16-9-18(28-4)6-8-21(16)25-15(20)3/h5-11H,12H2,1-4H3. The van der Waals surface area contributed by atoms with E-state index in [2.05, 4.69) is 4.98 Å². The lowest BCUT2D eigenvalue weighted by Crippen LogP contribution is -2.10. The van der Waals surface area contributed by atoms with Crippen molar-refractivity contribution in [1.29, 1.82) is 0 Å². The van der Waals surface area contributed by atoms with Crippen LogP contribution in [-0.4, -0.2) is 18.1 Å². The Morgan fingerprint density at radius 1 is 1.07 bits per heavy atom. The fraction of sp³-hybridized carbons (Fsp3) is 0.208. The Bertz CT molecular complexity index is 1350. The van der Waals surface area contributed by atoms with Crippen LogP contribution >= 0.6 is 0 Å². The van der Waals surface area contributed by atoms with E-state index in [1.807, 2.05) is 44.2 Å². The largest absolute Gasteiger partial charge is 0.497 e. The van der Waals surface area contributed by atoms with Gasteiger partial charge in [0.15, 0.2) is 0 Å². The fourth-order valence-corrected chi connectivity index (χ4v) is 3.45. The molecule has 4 rings (SSSR count). The van der Waals surface area contributed by atoms with Gasteiger partial charge in [0.2, 0.25) is 0 Å². The molecular weight excluding hydrogens is 382 g/mol. The Balaban J connectivity index is 1.66. The predicted molar refractivity (Wildman–Crippen MR) is 114 cm³/mol. The maximum absolute atomic E-state index is 12.8. The first-order valence-corrected chi connectivity index (χ1v) is 9.53. The Morgan fingerprint density at radius 2 is 1.87 bits per heavy atom. The molecule has 0 saturated carbocycles. The molecule has 0 atom stereocenters. The summed E-state index contributed by atoms with van der Waals surface area (Å²) < 4.78 is 16.2. The molecule has 0 bridgehead atoms. The first-order valence-electron chi connectivity index (χ1n) is 9.53. The van der Waals surface area contributed by atoms with Crippen LogP contribution in [0.4, 0.5) is 0 Å². The van der Waals surface area contributed by atoms with Crippen molar-refractivity contribution >= 4 is 27.8 Å². The van der Waals surface area contributed by atoms with Gasteiger partial charge in [-0.1, -0.05) is 12.1 Å². The van der Waals surface area contributed by atoms with Crippen molar-refractivity contribution in [2.45, 2.75) is 27.4 Å². The first kappa shape index (κ1) is 19.6. The van der Waals surface area contributed by atoms with Gasteiger partial charge < -0.3 is 13.9 Å². The van der Waals surface area contributed by atoms with Crippen LogP contribution in [0.3, 0.4) is 0 Å². The molecule has 152 valence electrons. The molecule has 0 aliphatic carbocycles. The average molecular weight is 403 g/mol. The highest BCUT2D eigenvalue weighted by molar-refractivity contribution is 5.95. The molecule has 0 aliphatic heterocycles. The van der Waals surface area contributed by atoms with Gasteiger partial charge in [-0.25, -0.2) is 9.59 Å². The number of carbonyl (C=O) groups is 1. The second-order valence-corrected chi connectivity index (χ2v) is 7.23. The van der Waals surface area contributed by atoms with Gasteiger partial charge in [0, 0.05) is 22.4 Å². The van der Waals surface area contributed by atoms with Crippen LogP contribution in [0.5, 0.6) is 5.75 Å². The summed E-state index contributed by atoms with van der Waals surface area (Å²) in [5.74, 6) is 0.176. The van der Waals surface area contributed by atoms with Crippen LogP contribution in [0, 0.1) is 20.8 Å². The molecule has 2 aromatic carbocycles. The summed E-state index contributed by atoms with van der Waals surface area (Å²) in [5, 5.41) is 1.53. The Labute approximate surface area is 173 Å². The fourth-order valence-electron chi connectivity index (χ4n) is 3.45. The number of esters is 1. The van der Waals surface area contributed by atoms with Crippen molar-refractivity contribution in [1.82, 2.24) is 4.98 Å². The van der Waals surface area contributed by atoms with Gasteiger partial charge in [-0.3, -0.25) is 4.98 Å². The van der Waals surface area contributed by atoms with Crippen LogP contribution in [0.15, 0.2) is 51.7 Å². The third-order valence-electron chi connectivity index (χ3n) is 5.31. The summed E-state index contributed by atoms with van der Waals surface area (Å²) in [4.78, 5) is 29.3. The van der Waals surface area contributed by atoms with Gasteiger partial charge in [0.1, 0.15) is 17.9 Å². The van der Waals surface area contributed by atoms with Crippen LogP contribution in [0.1, 0.15) is 32.7 Å². The topological polar surface area (TPSA) is 78.6 Å². The number of hydrogen-bond donors (Lipinski definition) is 0. The quantitative estimate of drug-likeness (QED) is 0.365. The minimum Gasteiger partial charge on any atom is -0.497 e. The lowest BCUT2D eigenvalue weighted by Gasteiger charge is -2.11. The number of rotatable bonds is 4. The van der Waals surface area contributed by atoms with Crippen LogP contribution in [0.25, 0.3) is 21.9 Å². The number of hydrogen-bond acceptors (Lipinski definition) is 6. The highest BCUT2D eigenvalue weighted by Gasteiger charge is 2.16. The maximum Gasteiger partial charge on any atom is 0.340 e. The zero-order chi connectivity index (χ0) is 21.4. The monoisotopic (exact) mass is 403 g/mol. The number of fused-ring (bicyclic) bond motifs is 2. The molecule has 0 amide bonds. The van der Waals surface area contributed by atoms with Gasteiger partial charge in [-0.2, -0.15) is 0 Å². The van der Waals surface area contributed by atoms with E-state index < -0.39 is 11.6 Å². The summed E-state index contributed by atoms with van der Waals surface area (Å²) in [5.41, 5.74) is 4.27. The number of ether oxygens (including phenoxy) is 2. The normalized spacial score (nSPS) is 11.1. The molecule has 0 unspecified atom stereocenters. The van der Waals surface area contributed by atoms with E-state index >= 15 is 0 Å². The molecule has 4 aromatic rings. The van der Waals surface area contributed by atoms with E-state index in [9.17, 15) is 9.59 Å². The summed E-state index contributed by atoms with van der Waals surface area (Å²) in [6.07, 6.45) is 0. The SMILES string of the molecule is COc1ccc2nc(C)c(C(=O)OCc3cc(=O)oc4c(C)c(C)ccc34)cc2c1. The van der Waals surface area contributed by atoms with Crippen molar-refractivity contribution < 1.29 is 18.7 Å². The number of aromatic nitrogens is 1. The van der Waals surface area contributed by atoms with Crippen LogP contribution in [-0.2, 0) is 11.3 Å². The maximum atomic E-state index is 12.8. The minimum absolute atomic E-state index is 0.0426. The molecule has 0 radical (unpaired) electrons. The zero-order valence-corrected chi connectivity index (χ0v) is 17.2. The molecule has 0 saturated heterocycles. The number of methoxy groups -OCH3 is 1. The molecule has 6 heteroatoms. The van der Waals surface area contributed by atoms with Gasteiger partial charge in [-0.05, 0) is 56.2 Å². The molecule has 30 heavy (non-hydrogen) atoms. The number of nitrogens with zero attached hydrogens (tertiary/aromatic N) is 1. The molecule has 0 fully saturated rings. The van der Waals surface area contributed by atoms with Crippen molar-refractivity contribution in [2.24, 2.45) is 0 Å². The van der Waals surface area contributed by atoms with Crippen molar-refractivity contribution in [3.63, 3.8) is 0 Å². The third kappa shape index (κ3) is 3.52. The van der Waals surface area contributed by atoms with Crippen molar-refractivity contribution in [3.8, 4) is 5.75 Å². The molecule has 6 nitrogen and oxygen atoms in total. The molecular formula is C24H21NO5. The summed E-state index contributed by atoms with van der Waals surface area (Å²) in [6.45, 7) is 5.57. The first-order chi connectivity index (χ1) is 14.4. The zero-order valence-electron chi connectivity index (χ0n) is 17.2. The average Bonchev–Trinajstić information content (AvgIpc) is 2.73. The van der Waals surface area contributed by atoms with Crippen molar-refractivity contribution in [3.05, 3.63) is 80.8 Å². The number of benzene rings is 2. The second-order valence-electron chi connectivity index (χ2n) is 7.23. The highest BCUT2D eigenvalue weighted by atomic mass is 16.5. The van der Waals surface area contributed by atoms with Gasteiger partial charge in [0.25, 0.3) is 0 Å². The van der Waals surface area contributed by atoms with E-state index in [4.69, 9.17) is 13.9 Å². The van der Waals surface area contributed by atoms with Gasteiger partial charge >= 0.3 is 11.6 Å². The molecule has 2 aromatic heterocycles. The van der Waals surface area contributed by atoms with E-state index in [1.54, 1.807) is 20.1 Å². The lowest BCUT2D eigenvalue weighted by molar-refractivity contribution is 0.0472. The summed E-state index contributed by atoms with van der Waals surface area (Å²) >= 11 is 0. The molecule has 0 N–H and O–H groups in total. The Hall–Kier alpha value is -3.67. The Morgan fingerprint density at radius 3 is 2.63 bits per heavy atom. The van der Waals surface area contributed by atoms with Gasteiger partial charge in [0.05, 0.1) is 23.9 Å². The van der Waals surface area contributed by atoms with Crippen molar-refractivity contribution in [2.75, 3.05) is 7.11 Å².